The Morgan fingerprint density at radius 2 is 1.73 bits per heavy atom. The van der Waals surface area contributed by atoms with Crippen LogP contribution in [0.25, 0.3) is 22.0 Å². The molecule has 1 amide bonds. The van der Waals surface area contributed by atoms with Gasteiger partial charge < -0.3 is 9.64 Å². The van der Waals surface area contributed by atoms with Crippen LogP contribution in [-0.2, 0) is 4.79 Å². The smallest absolute Gasteiger partial charge is 0.225 e. The molecule has 1 aromatic heterocycles. The Hall–Kier alpha value is -2.59. The van der Waals surface area contributed by atoms with E-state index in [1.165, 1.54) is 22.1 Å². The van der Waals surface area contributed by atoms with Crippen molar-refractivity contribution in [2.24, 2.45) is 5.92 Å². The van der Waals surface area contributed by atoms with Gasteiger partial charge in [-0.05, 0) is 60.7 Å². The Labute approximate surface area is 183 Å². The van der Waals surface area contributed by atoms with Crippen LogP contribution in [0.5, 0.6) is 5.75 Å². The minimum absolute atomic E-state index is 0. The summed E-state index contributed by atoms with van der Waals surface area (Å²) in [6.07, 6.45) is 6.00. The number of benzene rings is 2. The average molecular weight is 423 g/mol. The fraction of sp³-hybridized carbons (Fsp3) is 0.360. The van der Waals surface area contributed by atoms with Gasteiger partial charge in [-0.15, -0.1) is 12.4 Å². The number of aryl methyl sites for hydroxylation is 1. The van der Waals surface area contributed by atoms with Gasteiger partial charge in [-0.2, -0.15) is 0 Å². The predicted octanol–water partition coefficient (Wildman–Crippen LogP) is 5.41. The van der Waals surface area contributed by atoms with Crippen molar-refractivity contribution in [3.8, 4) is 16.9 Å². The van der Waals surface area contributed by atoms with Crippen molar-refractivity contribution in [3.63, 3.8) is 0 Å². The summed E-state index contributed by atoms with van der Waals surface area (Å²) in [6.45, 7) is 3.78. The van der Waals surface area contributed by atoms with Gasteiger partial charge in [0.1, 0.15) is 11.9 Å². The fourth-order valence-corrected chi connectivity index (χ4v) is 4.32. The molecular weight excluding hydrogens is 396 g/mol. The molecule has 0 N–H and O–H groups in total. The molecule has 0 bridgehead atoms. The topological polar surface area (TPSA) is 42.4 Å². The normalized spacial score (nSPS) is 16.9. The van der Waals surface area contributed by atoms with Crippen molar-refractivity contribution >= 4 is 29.2 Å². The monoisotopic (exact) mass is 422 g/mol. The lowest BCUT2D eigenvalue weighted by atomic mass is 9.96. The van der Waals surface area contributed by atoms with Crippen molar-refractivity contribution in [2.75, 3.05) is 13.1 Å². The van der Waals surface area contributed by atoms with Crippen LogP contribution < -0.4 is 4.74 Å². The Bertz CT molecular complexity index is 1040. The summed E-state index contributed by atoms with van der Waals surface area (Å²) >= 11 is 0. The number of ether oxygens (including phenoxy) is 1. The van der Waals surface area contributed by atoms with E-state index in [1.54, 1.807) is 0 Å². The molecule has 4 nitrogen and oxygen atoms in total. The number of rotatable bonds is 4. The first kappa shape index (κ1) is 20.7. The molecule has 0 radical (unpaired) electrons. The zero-order valence-corrected chi connectivity index (χ0v) is 18.0. The highest BCUT2D eigenvalue weighted by molar-refractivity contribution is 5.96. The number of halogens is 1. The van der Waals surface area contributed by atoms with Gasteiger partial charge in [-0.1, -0.05) is 24.3 Å². The minimum atomic E-state index is 0. The number of piperidine rings is 1. The first-order chi connectivity index (χ1) is 14.2. The Morgan fingerprint density at radius 3 is 2.43 bits per heavy atom. The zero-order valence-electron chi connectivity index (χ0n) is 17.2. The van der Waals surface area contributed by atoms with E-state index < -0.39 is 0 Å². The van der Waals surface area contributed by atoms with Gasteiger partial charge in [0.15, 0.2) is 0 Å². The first-order valence-electron chi connectivity index (χ1n) is 10.6. The number of fused-ring (bicyclic) bond motifs is 1. The summed E-state index contributed by atoms with van der Waals surface area (Å²) in [7, 11) is 0. The van der Waals surface area contributed by atoms with Crippen molar-refractivity contribution in [2.45, 2.75) is 38.7 Å². The standard InChI is InChI=1S/C25H26N2O2.ClH/c1-17-4-11-23-22(3-2-14-26-23)24(17)18-7-9-20(10-8-18)29-21-12-15-27(16-13-21)25(28)19-5-6-19;/h2-4,7-11,14,19,21H,5-6,12-13,15-16H2,1H3;1H. The van der Waals surface area contributed by atoms with Crippen LogP contribution >= 0.6 is 12.4 Å². The van der Waals surface area contributed by atoms with E-state index in [1.807, 2.05) is 17.2 Å². The second kappa shape index (κ2) is 8.65. The number of carbonyl (C=O) groups is 1. The maximum absolute atomic E-state index is 12.2. The molecule has 1 aliphatic heterocycles. The molecule has 2 aliphatic rings. The molecular formula is C25H27ClN2O2. The third-order valence-corrected chi connectivity index (χ3v) is 6.12. The van der Waals surface area contributed by atoms with Gasteiger partial charge in [-0.25, -0.2) is 0 Å². The lowest BCUT2D eigenvalue weighted by molar-refractivity contribution is -0.134. The fourth-order valence-electron chi connectivity index (χ4n) is 4.32. The van der Waals surface area contributed by atoms with E-state index in [-0.39, 0.29) is 18.5 Å². The second-order valence-electron chi connectivity index (χ2n) is 8.27. The Balaban J connectivity index is 0.00000218. The maximum Gasteiger partial charge on any atom is 0.225 e. The number of hydrogen-bond acceptors (Lipinski definition) is 3. The first-order valence-corrected chi connectivity index (χ1v) is 10.6. The quantitative estimate of drug-likeness (QED) is 0.564. The Morgan fingerprint density at radius 1 is 1.00 bits per heavy atom. The summed E-state index contributed by atoms with van der Waals surface area (Å²) in [5, 5.41) is 1.17. The maximum atomic E-state index is 12.2. The minimum Gasteiger partial charge on any atom is -0.490 e. The van der Waals surface area contributed by atoms with E-state index in [9.17, 15) is 4.79 Å². The summed E-state index contributed by atoms with van der Waals surface area (Å²) < 4.78 is 6.22. The van der Waals surface area contributed by atoms with Crippen molar-refractivity contribution in [1.29, 1.82) is 0 Å². The van der Waals surface area contributed by atoms with E-state index in [0.29, 0.717) is 11.8 Å². The number of nitrogens with zero attached hydrogens (tertiary/aromatic N) is 2. The molecule has 2 heterocycles. The average Bonchev–Trinajstić information content (AvgIpc) is 3.60. The summed E-state index contributed by atoms with van der Waals surface area (Å²) in [5.74, 6) is 1.57. The molecule has 0 spiro atoms. The molecule has 30 heavy (non-hydrogen) atoms. The molecule has 0 atom stereocenters. The molecule has 5 rings (SSSR count). The number of pyridine rings is 1. The SMILES string of the molecule is Cc1ccc2ncccc2c1-c1ccc(OC2CCN(C(=O)C3CC3)CC2)cc1.Cl. The van der Waals surface area contributed by atoms with Crippen molar-refractivity contribution in [3.05, 3.63) is 60.3 Å². The highest BCUT2D eigenvalue weighted by atomic mass is 35.5. The summed E-state index contributed by atoms with van der Waals surface area (Å²) in [6, 6.07) is 16.7. The van der Waals surface area contributed by atoms with Gasteiger partial charge in [-0.3, -0.25) is 9.78 Å². The van der Waals surface area contributed by atoms with Crippen LogP contribution in [-0.4, -0.2) is 35.0 Å². The molecule has 1 aliphatic carbocycles. The second-order valence-corrected chi connectivity index (χ2v) is 8.27. The highest BCUT2D eigenvalue weighted by Gasteiger charge is 2.35. The van der Waals surface area contributed by atoms with E-state index in [2.05, 4.69) is 54.4 Å². The molecule has 1 saturated carbocycles. The highest BCUT2D eigenvalue weighted by Crippen LogP contribution is 2.34. The number of amides is 1. The number of hydrogen-bond donors (Lipinski definition) is 0. The van der Waals surface area contributed by atoms with Crippen molar-refractivity contribution < 1.29 is 9.53 Å². The van der Waals surface area contributed by atoms with Crippen LogP contribution in [0.2, 0.25) is 0 Å². The molecule has 2 fully saturated rings. The van der Waals surface area contributed by atoms with Crippen LogP contribution in [0, 0.1) is 12.8 Å². The molecule has 1 saturated heterocycles. The molecule has 3 aromatic rings. The zero-order chi connectivity index (χ0) is 19.8. The lowest BCUT2D eigenvalue weighted by Gasteiger charge is -2.32. The lowest BCUT2D eigenvalue weighted by Crippen LogP contribution is -2.42. The van der Waals surface area contributed by atoms with Gasteiger partial charge >= 0.3 is 0 Å². The van der Waals surface area contributed by atoms with Gasteiger partial charge in [0.2, 0.25) is 5.91 Å². The van der Waals surface area contributed by atoms with Crippen LogP contribution in [0.3, 0.4) is 0 Å². The van der Waals surface area contributed by atoms with Gasteiger partial charge in [0.25, 0.3) is 0 Å². The van der Waals surface area contributed by atoms with Crippen LogP contribution in [0.1, 0.15) is 31.2 Å². The number of aromatic nitrogens is 1. The number of likely N-dealkylation sites (tertiary alicyclic amines) is 1. The summed E-state index contributed by atoms with van der Waals surface area (Å²) in [4.78, 5) is 18.7. The predicted molar refractivity (Wildman–Crippen MR) is 122 cm³/mol. The third-order valence-electron chi connectivity index (χ3n) is 6.12. The Kier molecular flexibility index (Phi) is 5.96. The van der Waals surface area contributed by atoms with Crippen LogP contribution in [0.4, 0.5) is 0 Å². The summed E-state index contributed by atoms with van der Waals surface area (Å²) in [5.41, 5.74) is 4.67. The molecule has 156 valence electrons. The third kappa shape index (κ3) is 4.15. The largest absolute Gasteiger partial charge is 0.490 e. The molecule has 5 heteroatoms. The van der Waals surface area contributed by atoms with Gasteiger partial charge in [0, 0.05) is 43.4 Å². The van der Waals surface area contributed by atoms with E-state index in [0.717, 1.165) is 50.0 Å². The molecule has 0 unspecified atom stereocenters. The number of carbonyl (C=O) groups excluding carboxylic acids is 1. The van der Waals surface area contributed by atoms with Crippen molar-refractivity contribution in [1.82, 2.24) is 9.88 Å². The molecule has 2 aromatic carbocycles. The van der Waals surface area contributed by atoms with Gasteiger partial charge in [0.05, 0.1) is 5.52 Å². The van der Waals surface area contributed by atoms with Crippen LogP contribution in [0.15, 0.2) is 54.7 Å². The van der Waals surface area contributed by atoms with E-state index in [4.69, 9.17) is 4.74 Å². The van der Waals surface area contributed by atoms with E-state index >= 15 is 0 Å².